The van der Waals surface area contributed by atoms with E-state index in [1.54, 1.807) is 32.4 Å². The van der Waals surface area contributed by atoms with Crippen molar-refractivity contribution in [3.8, 4) is 11.5 Å². The Kier molecular flexibility index (Phi) is 3.72. The summed E-state index contributed by atoms with van der Waals surface area (Å²) in [5.41, 5.74) is 3.15. The lowest BCUT2D eigenvalue weighted by Crippen LogP contribution is -2.05. The summed E-state index contributed by atoms with van der Waals surface area (Å²) in [5, 5.41) is 2.57. The molecule has 5 heteroatoms. The van der Waals surface area contributed by atoms with Crippen LogP contribution in [0.25, 0.3) is 0 Å². The highest BCUT2D eigenvalue weighted by Gasteiger charge is 2.03. The zero-order chi connectivity index (χ0) is 10.4. The number of benzene rings is 1. The van der Waals surface area contributed by atoms with Crippen LogP contribution in [-0.4, -0.2) is 14.2 Å². The van der Waals surface area contributed by atoms with E-state index in [4.69, 9.17) is 9.47 Å². The molecule has 0 aromatic heterocycles. The van der Waals surface area contributed by atoms with Crippen LogP contribution in [0.5, 0.6) is 11.5 Å². The standard InChI is InChI=1S/C9H12N2O3/c1-13-8-3-4-9(14-2)7(5-8)6-10-11-12/h3-5H,6H2,1-2H3,(H,10,12). The lowest BCUT2D eigenvalue weighted by atomic mass is 10.2. The Labute approximate surface area is 82.0 Å². The van der Waals surface area contributed by atoms with E-state index < -0.39 is 0 Å². The normalized spacial score (nSPS) is 9.29. The third-order valence-corrected chi connectivity index (χ3v) is 1.82. The molecule has 1 N–H and O–H groups in total. The molecule has 0 aliphatic heterocycles. The van der Waals surface area contributed by atoms with Crippen LogP contribution in [0.4, 0.5) is 0 Å². The molecule has 0 bridgehead atoms. The Morgan fingerprint density at radius 2 is 2.14 bits per heavy atom. The fraction of sp³-hybridized carbons (Fsp3) is 0.333. The fourth-order valence-electron chi connectivity index (χ4n) is 1.14. The number of hydrogen-bond acceptors (Lipinski definition) is 4. The van der Waals surface area contributed by atoms with Crippen molar-refractivity contribution in [3.05, 3.63) is 28.7 Å². The monoisotopic (exact) mass is 196 g/mol. The van der Waals surface area contributed by atoms with Gasteiger partial charge in [-0.3, -0.25) is 5.43 Å². The molecule has 0 heterocycles. The average Bonchev–Trinajstić information content (AvgIpc) is 2.25. The second kappa shape index (κ2) is 5.06. The lowest BCUT2D eigenvalue weighted by Gasteiger charge is -2.08. The van der Waals surface area contributed by atoms with Gasteiger partial charge in [0, 0.05) is 10.8 Å². The van der Waals surface area contributed by atoms with Crippen LogP contribution in [0, 0.1) is 4.91 Å². The molecule has 1 aromatic rings. The topological polar surface area (TPSA) is 59.9 Å². The van der Waals surface area contributed by atoms with Crippen molar-refractivity contribution in [2.75, 3.05) is 14.2 Å². The molecule has 0 aliphatic carbocycles. The summed E-state index contributed by atoms with van der Waals surface area (Å²) in [6.45, 7) is 0.323. The highest BCUT2D eigenvalue weighted by Crippen LogP contribution is 2.23. The van der Waals surface area contributed by atoms with Crippen LogP contribution >= 0.6 is 0 Å². The van der Waals surface area contributed by atoms with Gasteiger partial charge in [-0.1, -0.05) is 0 Å². The van der Waals surface area contributed by atoms with Crippen LogP contribution in [0.1, 0.15) is 5.56 Å². The van der Waals surface area contributed by atoms with Gasteiger partial charge in [-0.2, -0.15) is 0 Å². The van der Waals surface area contributed by atoms with Gasteiger partial charge < -0.3 is 9.47 Å². The number of methoxy groups -OCH3 is 2. The van der Waals surface area contributed by atoms with Crippen molar-refractivity contribution in [2.45, 2.75) is 6.54 Å². The molecule has 76 valence electrons. The minimum Gasteiger partial charge on any atom is -0.497 e. The molecule has 0 radical (unpaired) electrons. The SMILES string of the molecule is COc1ccc(OC)c(CNN=O)c1. The fourth-order valence-corrected chi connectivity index (χ4v) is 1.14. The van der Waals surface area contributed by atoms with Crippen molar-refractivity contribution in [1.29, 1.82) is 0 Å². The Morgan fingerprint density at radius 1 is 1.36 bits per heavy atom. The molecular weight excluding hydrogens is 184 g/mol. The molecule has 5 nitrogen and oxygen atoms in total. The summed E-state index contributed by atoms with van der Waals surface area (Å²) in [7, 11) is 3.15. The number of nitrogens with one attached hydrogen (secondary N) is 1. The Bertz CT molecular complexity index is 315. The Morgan fingerprint density at radius 3 is 2.71 bits per heavy atom. The molecule has 1 aromatic carbocycles. The van der Waals surface area contributed by atoms with Crippen LogP contribution in [0.3, 0.4) is 0 Å². The van der Waals surface area contributed by atoms with Crippen LogP contribution in [0.15, 0.2) is 23.5 Å². The summed E-state index contributed by atoms with van der Waals surface area (Å²) in [6, 6.07) is 5.36. The lowest BCUT2D eigenvalue weighted by molar-refractivity contribution is 0.397. The molecule has 1 rings (SSSR count). The molecule has 0 spiro atoms. The predicted octanol–water partition coefficient (Wildman–Crippen LogP) is 1.47. The second-order valence-corrected chi connectivity index (χ2v) is 2.60. The number of rotatable bonds is 5. The van der Waals surface area contributed by atoms with Crippen molar-refractivity contribution in [1.82, 2.24) is 5.43 Å². The van der Waals surface area contributed by atoms with Crippen molar-refractivity contribution < 1.29 is 9.47 Å². The van der Waals surface area contributed by atoms with E-state index >= 15 is 0 Å². The first-order valence-corrected chi connectivity index (χ1v) is 4.08. The van der Waals surface area contributed by atoms with E-state index in [1.807, 2.05) is 0 Å². The summed E-state index contributed by atoms with van der Waals surface area (Å²) < 4.78 is 10.1. The Hall–Kier alpha value is -1.78. The van der Waals surface area contributed by atoms with E-state index in [2.05, 4.69) is 10.7 Å². The van der Waals surface area contributed by atoms with E-state index in [1.165, 1.54) is 0 Å². The first-order valence-electron chi connectivity index (χ1n) is 4.08. The maximum atomic E-state index is 9.90. The number of nitroso groups, excluding NO2 is 1. The van der Waals surface area contributed by atoms with Gasteiger partial charge in [0.15, 0.2) is 0 Å². The van der Waals surface area contributed by atoms with E-state index in [9.17, 15) is 4.91 Å². The molecule has 0 aliphatic rings. The number of ether oxygens (including phenoxy) is 2. The third kappa shape index (κ3) is 2.35. The molecular formula is C9H12N2O3. The predicted molar refractivity (Wildman–Crippen MR) is 52.2 cm³/mol. The van der Waals surface area contributed by atoms with Crippen molar-refractivity contribution in [3.63, 3.8) is 0 Å². The number of hydrogen-bond donors (Lipinski definition) is 1. The first-order chi connectivity index (χ1) is 6.81. The maximum Gasteiger partial charge on any atom is 0.124 e. The molecule has 0 atom stereocenters. The minimum absolute atomic E-state index is 0.323. The highest BCUT2D eigenvalue weighted by atomic mass is 16.5. The molecule has 0 amide bonds. The molecule has 0 unspecified atom stereocenters. The van der Waals surface area contributed by atoms with Gasteiger partial charge in [-0.05, 0) is 18.2 Å². The molecule has 0 saturated carbocycles. The van der Waals surface area contributed by atoms with Crippen molar-refractivity contribution in [2.24, 2.45) is 5.29 Å². The zero-order valence-corrected chi connectivity index (χ0v) is 8.11. The maximum absolute atomic E-state index is 9.90. The van der Waals surface area contributed by atoms with Gasteiger partial charge in [0.1, 0.15) is 11.5 Å². The van der Waals surface area contributed by atoms with Gasteiger partial charge in [0.25, 0.3) is 0 Å². The Balaban J connectivity index is 2.89. The summed E-state index contributed by atoms with van der Waals surface area (Å²) >= 11 is 0. The van der Waals surface area contributed by atoms with Gasteiger partial charge >= 0.3 is 0 Å². The van der Waals surface area contributed by atoms with Gasteiger partial charge in [0.05, 0.1) is 20.8 Å². The largest absolute Gasteiger partial charge is 0.497 e. The van der Waals surface area contributed by atoms with E-state index in [-0.39, 0.29) is 0 Å². The van der Waals surface area contributed by atoms with E-state index in [0.717, 1.165) is 5.56 Å². The first kappa shape index (κ1) is 10.3. The summed E-state index contributed by atoms with van der Waals surface area (Å²) in [6.07, 6.45) is 0. The van der Waals surface area contributed by atoms with Gasteiger partial charge in [0.2, 0.25) is 0 Å². The van der Waals surface area contributed by atoms with Crippen LogP contribution in [-0.2, 0) is 6.54 Å². The average molecular weight is 196 g/mol. The smallest absolute Gasteiger partial charge is 0.124 e. The van der Waals surface area contributed by atoms with Gasteiger partial charge in [-0.15, -0.1) is 4.91 Å². The molecule has 0 saturated heterocycles. The minimum atomic E-state index is 0.323. The quantitative estimate of drug-likeness (QED) is 0.572. The van der Waals surface area contributed by atoms with E-state index in [0.29, 0.717) is 18.0 Å². The van der Waals surface area contributed by atoms with Gasteiger partial charge in [-0.25, -0.2) is 0 Å². The summed E-state index contributed by atoms with van der Waals surface area (Å²) in [4.78, 5) is 9.90. The summed E-state index contributed by atoms with van der Waals surface area (Å²) in [5.74, 6) is 1.41. The molecule has 0 fully saturated rings. The molecule has 14 heavy (non-hydrogen) atoms. The van der Waals surface area contributed by atoms with Crippen molar-refractivity contribution >= 4 is 0 Å². The van der Waals surface area contributed by atoms with Crippen LogP contribution < -0.4 is 14.9 Å². The number of nitrogens with zero attached hydrogens (tertiary/aromatic N) is 1. The third-order valence-electron chi connectivity index (χ3n) is 1.82. The van der Waals surface area contributed by atoms with Crippen LogP contribution in [0.2, 0.25) is 0 Å². The zero-order valence-electron chi connectivity index (χ0n) is 8.11. The second-order valence-electron chi connectivity index (χ2n) is 2.60. The highest BCUT2D eigenvalue weighted by molar-refractivity contribution is 5.40.